The Balaban J connectivity index is 1.75. The van der Waals surface area contributed by atoms with Crippen molar-refractivity contribution in [2.24, 2.45) is 0 Å². The lowest BCUT2D eigenvalue weighted by Gasteiger charge is -2.10. The van der Waals surface area contributed by atoms with Gasteiger partial charge in [0.05, 0.1) is 0 Å². The molecule has 2 rings (SSSR count). The molecule has 2 heteroatoms. The Bertz CT molecular complexity index is 419. The van der Waals surface area contributed by atoms with E-state index < -0.39 is 0 Å². The summed E-state index contributed by atoms with van der Waals surface area (Å²) in [6, 6.07) is 6.80. The van der Waals surface area contributed by atoms with Gasteiger partial charge in [0, 0.05) is 17.5 Å². The number of hydrogen-bond acceptors (Lipinski definition) is 1. The third-order valence-electron chi connectivity index (χ3n) is 3.28. The Morgan fingerprint density at radius 3 is 2.94 bits per heavy atom. The van der Waals surface area contributed by atoms with Crippen molar-refractivity contribution in [2.75, 3.05) is 6.54 Å². The Labute approximate surface area is 109 Å². The Morgan fingerprint density at radius 2 is 2.12 bits per heavy atom. The fraction of sp³-hybridized carbons (Fsp3) is 0.467. The van der Waals surface area contributed by atoms with E-state index in [2.05, 4.69) is 23.4 Å². The van der Waals surface area contributed by atoms with E-state index in [-0.39, 0.29) is 0 Å². The number of rotatable bonds is 5. The molecule has 0 spiro atoms. The summed E-state index contributed by atoms with van der Waals surface area (Å²) in [6.45, 7) is 1.06. The molecule has 17 heavy (non-hydrogen) atoms. The number of hydrogen-bond donors (Lipinski definition) is 1. The lowest BCUT2D eigenvalue weighted by Crippen LogP contribution is -2.30. The summed E-state index contributed by atoms with van der Waals surface area (Å²) in [7, 11) is 0. The molecule has 0 saturated carbocycles. The standard InChI is InChI=1S/C15H18ClN/c1-2-3-4-5-8-17-15-10-12-6-7-14(16)9-13(12)11-15/h1,6-7,9,15,17H,3-5,8,10-11H2. The molecule has 0 aliphatic heterocycles. The molecule has 0 amide bonds. The van der Waals surface area contributed by atoms with E-state index in [4.69, 9.17) is 18.0 Å². The van der Waals surface area contributed by atoms with Crippen LogP contribution in [0, 0.1) is 12.3 Å². The molecule has 90 valence electrons. The van der Waals surface area contributed by atoms with E-state index in [1.807, 2.05) is 6.07 Å². The van der Waals surface area contributed by atoms with Crippen molar-refractivity contribution in [1.29, 1.82) is 0 Å². The normalized spacial score (nSPS) is 17.8. The van der Waals surface area contributed by atoms with Crippen LogP contribution in [0.1, 0.15) is 30.4 Å². The number of terminal acetylenes is 1. The zero-order chi connectivity index (χ0) is 12.1. The molecule has 0 fully saturated rings. The minimum absolute atomic E-state index is 0.578. The maximum Gasteiger partial charge on any atom is 0.0408 e. The van der Waals surface area contributed by atoms with Gasteiger partial charge in [0.2, 0.25) is 0 Å². The zero-order valence-corrected chi connectivity index (χ0v) is 10.8. The average molecular weight is 248 g/mol. The van der Waals surface area contributed by atoms with Crippen LogP contribution in [0.4, 0.5) is 0 Å². The predicted molar refractivity (Wildman–Crippen MR) is 73.3 cm³/mol. The van der Waals surface area contributed by atoms with Crippen molar-refractivity contribution in [3.8, 4) is 12.3 Å². The minimum Gasteiger partial charge on any atom is -0.313 e. The highest BCUT2D eigenvalue weighted by Crippen LogP contribution is 2.25. The van der Waals surface area contributed by atoms with E-state index in [1.165, 1.54) is 11.1 Å². The summed E-state index contributed by atoms with van der Waals surface area (Å²) in [5.74, 6) is 2.67. The minimum atomic E-state index is 0.578. The summed E-state index contributed by atoms with van der Waals surface area (Å²) in [5, 5.41) is 4.44. The van der Waals surface area contributed by atoms with Gasteiger partial charge in [-0.25, -0.2) is 0 Å². The van der Waals surface area contributed by atoms with Crippen molar-refractivity contribution in [3.63, 3.8) is 0 Å². The summed E-state index contributed by atoms with van der Waals surface area (Å²) < 4.78 is 0. The Kier molecular flexibility index (Phi) is 4.48. The second-order valence-corrected chi connectivity index (χ2v) is 5.07. The average Bonchev–Trinajstić information content (AvgIpc) is 2.70. The third kappa shape index (κ3) is 3.49. The van der Waals surface area contributed by atoms with Gasteiger partial charge in [0.15, 0.2) is 0 Å². The number of benzene rings is 1. The first-order chi connectivity index (χ1) is 8.29. The van der Waals surface area contributed by atoms with Gasteiger partial charge >= 0.3 is 0 Å². The van der Waals surface area contributed by atoms with Crippen LogP contribution in [0.5, 0.6) is 0 Å². The van der Waals surface area contributed by atoms with Crippen LogP contribution in [-0.4, -0.2) is 12.6 Å². The second kappa shape index (κ2) is 6.10. The van der Waals surface area contributed by atoms with Crippen LogP contribution in [0.3, 0.4) is 0 Å². The van der Waals surface area contributed by atoms with E-state index in [0.29, 0.717) is 6.04 Å². The van der Waals surface area contributed by atoms with Gasteiger partial charge in [-0.2, -0.15) is 0 Å². The first kappa shape index (κ1) is 12.5. The zero-order valence-electron chi connectivity index (χ0n) is 10.0. The molecule has 1 unspecified atom stereocenters. The van der Waals surface area contributed by atoms with Gasteiger partial charge < -0.3 is 5.32 Å². The van der Waals surface area contributed by atoms with Crippen molar-refractivity contribution in [2.45, 2.75) is 38.1 Å². The maximum absolute atomic E-state index is 5.99. The highest BCUT2D eigenvalue weighted by molar-refractivity contribution is 6.30. The van der Waals surface area contributed by atoms with Crippen LogP contribution >= 0.6 is 11.6 Å². The molecular formula is C15H18ClN. The second-order valence-electron chi connectivity index (χ2n) is 4.63. The van der Waals surface area contributed by atoms with Gasteiger partial charge in [-0.1, -0.05) is 17.7 Å². The highest BCUT2D eigenvalue weighted by Gasteiger charge is 2.20. The Morgan fingerprint density at radius 1 is 1.29 bits per heavy atom. The maximum atomic E-state index is 5.99. The van der Waals surface area contributed by atoms with Crippen molar-refractivity contribution < 1.29 is 0 Å². The van der Waals surface area contributed by atoms with Crippen LogP contribution < -0.4 is 5.32 Å². The monoisotopic (exact) mass is 247 g/mol. The van der Waals surface area contributed by atoms with Gasteiger partial charge in [-0.05, 0) is 55.5 Å². The van der Waals surface area contributed by atoms with E-state index >= 15 is 0 Å². The number of fused-ring (bicyclic) bond motifs is 1. The lowest BCUT2D eigenvalue weighted by atomic mass is 10.1. The van der Waals surface area contributed by atoms with Gasteiger partial charge in [-0.15, -0.1) is 12.3 Å². The highest BCUT2D eigenvalue weighted by atomic mass is 35.5. The molecule has 0 aromatic heterocycles. The van der Waals surface area contributed by atoms with E-state index in [9.17, 15) is 0 Å². The molecule has 0 saturated heterocycles. The van der Waals surface area contributed by atoms with Gasteiger partial charge in [-0.3, -0.25) is 0 Å². The fourth-order valence-corrected chi connectivity index (χ4v) is 2.58. The third-order valence-corrected chi connectivity index (χ3v) is 3.52. The molecule has 1 aromatic rings. The topological polar surface area (TPSA) is 12.0 Å². The smallest absolute Gasteiger partial charge is 0.0408 e. The SMILES string of the molecule is C#CCCCCNC1Cc2ccc(Cl)cc2C1. The number of unbranched alkanes of at least 4 members (excludes halogenated alkanes) is 2. The molecule has 0 bridgehead atoms. The van der Waals surface area contributed by atoms with Crippen LogP contribution in [0.25, 0.3) is 0 Å². The number of halogens is 1. The Hall–Kier alpha value is -0.970. The molecule has 1 aromatic carbocycles. The summed E-state index contributed by atoms with van der Waals surface area (Å²) in [4.78, 5) is 0. The van der Waals surface area contributed by atoms with Crippen LogP contribution in [-0.2, 0) is 12.8 Å². The molecule has 1 nitrogen and oxygen atoms in total. The quantitative estimate of drug-likeness (QED) is 0.623. The largest absolute Gasteiger partial charge is 0.313 e. The van der Waals surface area contributed by atoms with E-state index in [1.54, 1.807) is 0 Å². The summed E-state index contributed by atoms with van der Waals surface area (Å²) in [5.41, 5.74) is 2.84. The van der Waals surface area contributed by atoms with Gasteiger partial charge in [0.25, 0.3) is 0 Å². The van der Waals surface area contributed by atoms with Crippen molar-refractivity contribution in [1.82, 2.24) is 5.32 Å². The van der Waals surface area contributed by atoms with Crippen molar-refractivity contribution in [3.05, 3.63) is 34.3 Å². The van der Waals surface area contributed by atoms with E-state index in [0.717, 1.165) is 43.7 Å². The van der Waals surface area contributed by atoms with Crippen LogP contribution in [0.2, 0.25) is 5.02 Å². The number of nitrogens with one attached hydrogen (secondary N) is 1. The van der Waals surface area contributed by atoms with Gasteiger partial charge in [0.1, 0.15) is 0 Å². The molecule has 1 N–H and O–H groups in total. The lowest BCUT2D eigenvalue weighted by molar-refractivity contribution is 0.517. The van der Waals surface area contributed by atoms with Crippen LogP contribution in [0.15, 0.2) is 18.2 Å². The molecule has 1 aliphatic rings. The molecule has 0 heterocycles. The predicted octanol–water partition coefficient (Wildman–Crippen LogP) is 3.20. The molecule has 0 radical (unpaired) electrons. The molecule has 1 atom stereocenters. The van der Waals surface area contributed by atoms with Crippen molar-refractivity contribution >= 4 is 11.6 Å². The first-order valence-corrected chi connectivity index (χ1v) is 6.61. The fourth-order valence-electron chi connectivity index (χ4n) is 2.39. The summed E-state index contributed by atoms with van der Waals surface area (Å²) in [6.07, 6.45) is 10.6. The molecule has 1 aliphatic carbocycles. The summed E-state index contributed by atoms with van der Waals surface area (Å²) >= 11 is 5.99. The molecular weight excluding hydrogens is 230 g/mol. The first-order valence-electron chi connectivity index (χ1n) is 6.24.